The van der Waals surface area contributed by atoms with Crippen molar-refractivity contribution in [3.05, 3.63) is 34.0 Å². The van der Waals surface area contributed by atoms with Gasteiger partial charge in [-0.1, -0.05) is 13.8 Å². The van der Waals surface area contributed by atoms with Gasteiger partial charge in [0.2, 0.25) is 0 Å². The van der Waals surface area contributed by atoms with E-state index in [1.807, 2.05) is 13.8 Å². The van der Waals surface area contributed by atoms with Crippen LogP contribution in [0.15, 0.2) is 18.3 Å². The van der Waals surface area contributed by atoms with E-state index >= 15 is 0 Å². The molecule has 1 heterocycles. The van der Waals surface area contributed by atoms with Crippen molar-refractivity contribution < 1.29 is 4.92 Å². The molecule has 0 saturated heterocycles. The molecule has 1 aromatic heterocycles. The highest BCUT2D eigenvalue weighted by Crippen LogP contribution is 2.10. The van der Waals surface area contributed by atoms with Crippen LogP contribution in [0.25, 0.3) is 0 Å². The fraction of sp³-hybridized carbons (Fsp3) is 0.375. The minimum atomic E-state index is -0.491. The number of pyridine rings is 1. The highest BCUT2D eigenvalue weighted by atomic mass is 16.6. The lowest BCUT2D eigenvalue weighted by atomic mass is 10.3. The van der Waals surface area contributed by atoms with Crippen LogP contribution in [0.3, 0.4) is 0 Å². The SMILES string of the molecule is CC.Cc1cccnc1[N+](=O)[O-]. The summed E-state index contributed by atoms with van der Waals surface area (Å²) < 4.78 is 0. The first-order chi connectivity index (χ1) is 5.72. The number of rotatable bonds is 1. The second-order valence-corrected chi connectivity index (χ2v) is 1.90. The Bertz CT molecular complexity index is 261. The van der Waals surface area contributed by atoms with E-state index in [4.69, 9.17) is 0 Å². The summed E-state index contributed by atoms with van der Waals surface area (Å²) in [7, 11) is 0. The molecule has 0 fully saturated rings. The molecular formula is C8H12N2O2. The van der Waals surface area contributed by atoms with Gasteiger partial charge in [0, 0.05) is 5.56 Å². The molecule has 0 aliphatic heterocycles. The Morgan fingerprint density at radius 2 is 2.08 bits per heavy atom. The van der Waals surface area contributed by atoms with Crippen LogP contribution in [-0.4, -0.2) is 9.91 Å². The molecule has 0 unspecified atom stereocenters. The van der Waals surface area contributed by atoms with E-state index in [1.165, 1.54) is 6.20 Å². The van der Waals surface area contributed by atoms with E-state index < -0.39 is 4.92 Å². The van der Waals surface area contributed by atoms with Crippen molar-refractivity contribution in [1.82, 2.24) is 4.98 Å². The number of aryl methyl sites for hydroxylation is 1. The third-order valence-corrected chi connectivity index (χ3v) is 1.15. The maximum atomic E-state index is 10.2. The maximum Gasteiger partial charge on any atom is 0.366 e. The first-order valence-electron chi connectivity index (χ1n) is 3.78. The Kier molecular flexibility index (Phi) is 4.60. The first-order valence-corrected chi connectivity index (χ1v) is 3.78. The van der Waals surface area contributed by atoms with Gasteiger partial charge in [-0.3, -0.25) is 0 Å². The van der Waals surface area contributed by atoms with Gasteiger partial charge in [-0.05, 0) is 29.0 Å². The molecule has 1 aromatic rings. The maximum absolute atomic E-state index is 10.2. The number of nitrogens with zero attached hydrogens (tertiary/aromatic N) is 2. The number of aromatic nitrogens is 1. The molecule has 0 bridgehead atoms. The molecule has 0 aliphatic rings. The normalized spacial score (nSPS) is 8.25. The monoisotopic (exact) mass is 168 g/mol. The van der Waals surface area contributed by atoms with Gasteiger partial charge >= 0.3 is 5.82 Å². The van der Waals surface area contributed by atoms with Crippen molar-refractivity contribution in [2.75, 3.05) is 0 Å². The van der Waals surface area contributed by atoms with E-state index in [0.29, 0.717) is 5.56 Å². The standard InChI is InChI=1S/C6H6N2O2.C2H6/c1-5-3-2-4-7-6(5)8(9)10;1-2/h2-4H,1H3;1-2H3. The summed E-state index contributed by atoms with van der Waals surface area (Å²) in [6.07, 6.45) is 1.41. The zero-order chi connectivity index (χ0) is 9.56. The van der Waals surface area contributed by atoms with Gasteiger partial charge in [0.25, 0.3) is 0 Å². The number of nitro groups is 1. The summed E-state index contributed by atoms with van der Waals surface area (Å²) >= 11 is 0. The van der Waals surface area contributed by atoms with Gasteiger partial charge in [0.1, 0.15) is 6.20 Å². The molecule has 4 heteroatoms. The zero-order valence-electron chi connectivity index (χ0n) is 7.44. The van der Waals surface area contributed by atoms with E-state index in [2.05, 4.69) is 4.98 Å². The highest BCUT2D eigenvalue weighted by molar-refractivity contribution is 5.29. The summed E-state index contributed by atoms with van der Waals surface area (Å²) in [5, 5.41) is 10.2. The van der Waals surface area contributed by atoms with Crippen LogP contribution in [0.4, 0.5) is 5.82 Å². The minimum absolute atomic E-state index is 0.0671. The average Bonchev–Trinajstić information content (AvgIpc) is 2.08. The molecule has 0 N–H and O–H groups in total. The molecule has 12 heavy (non-hydrogen) atoms. The van der Waals surface area contributed by atoms with Crippen molar-refractivity contribution >= 4 is 5.82 Å². The van der Waals surface area contributed by atoms with Gasteiger partial charge in [-0.15, -0.1) is 0 Å². The van der Waals surface area contributed by atoms with Gasteiger partial charge in [-0.2, -0.15) is 0 Å². The minimum Gasteiger partial charge on any atom is -0.358 e. The molecular weight excluding hydrogens is 156 g/mol. The second-order valence-electron chi connectivity index (χ2n) is 1.90. The molecule has 0 amide bonds. The average molecular weight is 168 g/mol. The Labute approximate surface area is 71.4 Å². The zero-order valence-corrected chi connectivity index (χ0v) is 7.44. The fourth-order valence-corrected chi connectivity index (χ4v) is 0.668. The topological polar surface area (TPSA) is 56.0 Å². The third kappa shape index (κ3) is 2.65. The second kappa shape index (κ2) is 5.23. The van der Waals surface area contributed by atoms with Gasteiger partial charge < -0.3 is 10.1 Å². The number of hydrogen-bond donors (Lipinski definition) is 0. The molecule has 0 saturated carbocycles. The van der Waals surface area contributed by atoms with Gasteiger partial charge in [0.05, 0.1) is 0 Å². The van der Waals surface area contributed by atoms with Crippen molar-refractivity contribution in [3.8, 4) is 0 Å². The molecule has 0 aliphatic carbocycles. The smallest absolute Gasteiger partial charge is 0.358 e. The largest absolute Gasteiger partial charge is 0.366 e. The summed E-state index contributed by atoms with van der Waals surface area (Å²) in [6.45, 7) is 5.66. The third-order valence-electron chi connectivity index (χ3n) is 1.15. The highest BCUT2D eigenvalue weighted by Gasteiger charge is 2.07. The summed E-state index contributed by atoms with van der Waals surface area (Å²) in [4.78, 5) is 13.3. The van der Waals surface area contributed by atoms with Crippen LogP contribution < -0.4 is 0 Å². The van der Waals surface area contributed by atoms with Crippen molar-refractivity contribution in [2.24, 2.45) is 0 Å². The lowest BCUT2D eigenvalue weighted by molar-refractivity contribution is -0.390. The lowest BCUT2D eigenvalue weighted by Gasteiger charge is -1.92. The van der Waals surface area contributed by atoms with Crippen LogP contribution in [0.1, 0.15) is 19.4 Å². The van der Waals surface area contributed by atoms with Crippen LogP contribution >= 0.6 is 0 Å². The van der Waals surface area contributed by atoms with E-state index in [0.717, 1.165) is 0 Å². The molecule has 0 aromatic carbocycles. The molecule has 66 valence electrons. The summed E-state index contributed by atoms with van der Waals surface area (Å²) in [6, 6.07) is 3.33. The molecule has 0 atom stereocenters. The van der Waals surface area contributed by atoms with Gasteiger partial charge in [-0.25, -0.2) is 0 Å². The van der Waals surface area contributed by atoms with Crippen molar-refractivity contribution in [3.63, 3.8) is 0 Å². The number of hydrogen-bond acceptors (Lipinski definition) is 3. The fourth-order valence-electron chi connectivity index (χ4n) is 0.668. The predicted octanol–water partition coefficient (Wildman–Crippen LogP) is 2.32. The first kappa shape index (κ1) is 10.6. The van der Waals surface area contributed by atoms with Crippen LogP contribution in [0.2, 0.25) is 0 Å². The Hall–Kier alpha value is -1.45. The van der Waals surface area contributed by atoms with E-state index in [1.54, 1.807) is 19.1 Å². The Morgan fingerprint density at radius 3 is 2.42 bits per heavy atom. The summed E-state index contributed by atoms with van der Waals surface area (Å²) in [5.41, 5.74) is 0.590. The van der Waals surface area contributed by atoms with Crippen LogP contribution in [0.5, 0.6) is 0 Å². The van der Waals surface area contributed by atoms with Crippen molar-refractivity contribution in [1.29, 1.82) is 0 Å². The Balaban J connectivity index is 0.000000561. The molecule has 1 rings (SSSR count). The van der Waals surface area contributed by atoms with Crippen LogP contribution in [0, 0.1) is 17.0 Å². The molecule has 0 radical (unpaired) electrons. The van der Waals surface area contributed by atoms with E-state index in [9.17, 15) is 10.1 Å². The van der Waals surface area contributed by atoms with Crippen LogP contribution in [-0.2, 0) is 0 Å². The van der Waals surface area contributed by atoms with Gasteiger partial charge in [0.15, 0.2) is 0 Å². The molecule has 4 nitrogen and oxygen atoms in total. The molecule has 0 spiro atoms. The van der Waals surface area contributed by atoms with Crippen molar-refractivity contribution in [2.45, 2.75) is 20.8 Å². The lowest BCUT2D eigenvalue weighted by Crippen LogP contribution is -1.93. The van der Waals surface area contributed by atoms with E-state index in [-0.39, 0.29) is 5.82 Å². The Morgan fingerprint density at radius 1 is 1.50 bits per heavy atom. The quantitative estimate of drug-likeness (QED) is 0.477. The predicted molar refractivity (Wildman–Crippen MR) is 47.0 cm³/mol. The summed E-state index contributed by atoms with van der Waals surface area (Å²) in [5.74, 6) is -0.0671.